The first kappa shape index (κ1) is 4.06. The summed E-state index contributed by atoms with van der Waals surface area (Å²) in [5.74, 6) is 0.668. The molecule has 2 rings (SSSR count). The third kappa shape index (κ3) is 0.510. The van der Waals surface area contributed by atoms with Crippen LogP contribution in [0.4, 0.5) is 0 Å². The third-order valence-electron chi connectivity index (χ3n) is 1.37. The van der Waals surface area contributed by atoms with Crippen molar-refractivity contribution < 1.29 is 4.52 Å². The molecule has 0 unspecified atom stereocenters. The lowest BCUT2D eigenvalue weighted by Crippen LogP contribution is -1.75. The van der Waals surface area contributed by atoms with Crippen LogP contribution < -0.4 is 0 Å². The lowest BCUT2D eigenvalue weighted by atomic mass is 10.3. The molecule has 0 aliphatic heterocycles. The summed E-state index contributed by atoms with van der Waals surface area (Å²) in [6.45, 7) is 0. The van der Waals surface area contributed by atoms with Crippen LogP contribution in [0.25, 0.3) is 0 Å². The van der Waals surface area contributed by atoms with Crippen LogP contribution in [0.3, 0.4) is 0 Å². The fourth-order valence-corrected chi connectivity index (χ4v) is 0.729. The zero-order valence-electron chi connectivity index (χ0n) is 4.37. The van der Waals surface area contributed by atoms with Crippen molar-refractivity contribution in [3.8, 4) is 0 Å². The predicted molar refractivity (Wildman–Crippen MR) is 26.3 cm³/mol. The first-order chi connectivity index (χ1) is 3.97. The summed E-state index contributed by atoms with van der Waals surface area (Å²) in [6, 6.07) is 0. The third-order valence-corrected chi connectivity index (χ3v) is 1.37. The number of hydrogen-bond acceptors (Lipinski definition) is 3. The molecule has 0 saturated heterocycles. The van der Waals surface area contributed by atoms with E-state index in [4.69, 9.17) is 0 Å². The minimum absolute atomic E-state index is 0.668. The van der Waals surface area contributed by atoms with Gasteiger partial charge in [0.1, 0.15) is 12.0 Å². The van der Waals surface area contributed by atoms with Crippen molar-refractivity contribution in [2.24, 2.45) is 0 Å². The topological polar surface area (TPSA) is 38.9 Å². The Morgan fingerprint density at radius 1 is 1.62 bits per heavy atom. The molecule has 8 heavy (non-hydrogen) atoms. The molecule has 3 heteroatoms. The van der Waals surface area contributed by atoms with Crippen LogP contribution in [0.1, 0.15) is 24.5 Å². The minimum atomic E-state index is 0.668. The lowest BCUT2D eigenvalue weighted by Gasteiger charge is -1.76. The molecule has 0 aromatic carbocycles. The molecular weight excluding hydrogens is 104 g/mol. The molecule has 0 radical (unpaired) electrons. The first-order valence-electron chi connectivity index (χ1n) is 2.74. The number of rotatable bonds is 1. The molecule has 1 aliphatic rings. The van der Waals surface area contributed by atoms with Gasteiger partial charge in [-0.1, -0.05) is 0 Å². The SMILES string of the molecule is c1onnc1C1CC1. The Kier molecular flexibility index (Phi) is 0.664. The average molecular weight is 110 g/mol. The number of aromatic nitrogens is 2. The van der Waals surface area contributed by atoms with Crippen LogP contribution in [0.5, 0.6) is 0 Å². The number of nitrogens with zero attached hydrogens (tertiary/aromatic N) is 2. The maximum absolute atomic E-state index is 4.55. The summed E-state index contributed by atoms with van der Waals surface area (Å²) in [4.78, 5) is 0. The van der Waals surface area contributed by atoms with Crippen molar-refractivity contribution in [3.05, 3.63) is 12.0 Å². The molecule has 1 heterocycles. The molecule has 0 N–H and O–H groups in total. The summed E-state index contributed by atoms with van der Waals surface area (Å²) in [5, 5.41) is 7.12. The van der Waals surface area contributed by atoms with Gasteiger partial charge in [0, 0.05) is 11.2 Å². The highest BCUT2D eigenvalue weighted by molar-refractivity contribution is 5.06. The zero-order chi connectivity index (χ0) is 5.40. The summed E-state index contributed by atoms with van der Waals surface area (Å²) in [5.41, 5.74) is 1.02. The lowest BCUT2D eigenvalue weighted by molar-refractivity contribution is 0.392. The van der Waals surface area contributed by atoms with Crippen molar-refractivity contribution in [3.63, 3.8) is 0 Å². The van der Waals surface area contributed by atoms with E-state index in [-0.39, 0.29) is 0 Å². The molecule has 0 amide bonds. The van der Waals surface area contributed by atoms with Crippen LogP contribution in [-0.4, -0.2) is 10.4 Å². The van der Waals surface area contributed by atoms with Crippen LogP contribution in [0, 0.1) is 0 Å². The molecule has 0 atom stereocenters. The van der Waals surface area contributed by atoms with Gasteiger partial charge in [-0.25, -0.2) is 0 Å². The summed E-state index contributed by atoms with van der Waals surface area (Å²) in [6.07, 6.45) is 4.14. The fourth-order valence-electron chi connectivity index (χ4n) is 0.729. The van der Waals surface area contributed by atoms with Gasteiger partial charge < -0.3 is 4.52 Å². The van der Waals surface area contributed by atoms with Gasteiger partial charge in [-0.3, -0.25) is 0 Å². The quantitative estimate of drug-likeness (QED) is 0.540. The highest BCUT2D eigenvalue weighted by Gasteiger charge is 2.26. The highest BCUT2D eigenvalue weighted by atomic mass is 16.5. The van der Waals surface area contributed by atoms with Crippen molar-refractivity contribution in [1.29, 1.82) is 0 Å². The van der Waals surface area contributed by atoms with Crippen molar-refractivity contribution in [1.82, 2.24) is 10.4 Å². The van der Waals surface area contributed by atoms with Gasteiger partial charge in [0.05, 0.1) is 0 Å². The summed E-state index contributed by atoms with van der Waals surface area (Å²) >= 11 is 0. The molecular formula is C5H6N2O. The van der Waals surface area contributed by atoms with E-state index in [0.717, 1.165) is 5.69 Å². The van der Waals surface area contributed by atoms with E-state index in [0.29, 0.717) is 5.92 Å². The first-order valence-corrected chi connectivity index (χ1v) is 2.74. The zero-order valence-corrected chi connectivity index (χ0v) is 4.37. The van der Waals surface area contributed by atoms with E-state index in [1.165, 1.54) is 12.8 Å². The summed E-state index contributed by atoms with van der Waals surface area (Å²) in [7, 11) is 0. The second-order valence-corrected chi connectivity index (χ2v) is 2.10. The fraction of sp³-hybridized carbons (Fsp3) is 0.600. The highest BCUT2D eigenvalue weighted by Crippen LogP contribution is 2.38. The number of hydrogen-bond donors (Lipinski definition) is 0. The predicted octanol–water partition coefficient (Wildman–Crippen LogP) is 0.947. The molecule has 3 nitrogen and oxygen atoms in total. The molecule has 0 bridgehead atoms. The Labute approximate surface area is 46.7 Å². The van der Waals surface area contributed by atoms with Crippen molar-refractivity contribution in [2.75, 3.05) is 0 Å². The second-order valence-electron chi connectivity index (χ2n) is 2.10. The van der Waals surface area contributed by atoms with Gasteiger partial charge in [0.25, 0.3) is 0 Å². The van der Waals surface area contributed by atoms with Crippen molar-refractivity contribution >= 4 is 0 Å². The molecule has 1 saturated carbocycles. The van der Waals surface area contributed by atoms with Gasteiger partial charge in [0.2, 0.25) is 0 Å². The monoisotopic (exact) mass is 110 g/mol. The van der Waals surface area contributed by atoms with Gasteiger partial charge in [-0.15, -0.1) is 5.10 Å². The largest absolute Gasteiger partial charge is 0.345 e. The molecule has 0 spiro atoms. The molecule has 1 fully saturated rings. The maximum atomic E-state index is 4.55. The van der Waals surface area contributed by atoms with Gasteiger partial charge >= 0.3 is 0 Å². The minimum Gasteiger partial charge on any atom is -0.345 e. The van der Waals surface area contributed by atoms with Crippen LogP contribution in [0.15, 0.2) is 10.8 Å². The van der Waals surface area contributed by atoms with E-state index in [9.17, 15) is 0 Å². The molecule has 1 aromatic heterocycles. The van der Waals surface area contributed by atoms with Crippen molar-refractivity contribution in [2.45, 2.75) is 18.8 Å². The van der Waals surface area contributed by atoms with Crippen LogP contribution in [0.2, 0.25) is 0 Å². The van der Waals surface area contributed by atoms with E-state index < -0.39 is 0 Å². The van der Waals surface area contributed by atoms with E-state index >= 15 is 0 Å². The van der Waals surface area contributed by atoms with Gasteiger partial charge in [-0.05, 0) is 12.8 Å². The standard InChI is InChI=1S/C5H6N2O/c1-2-4(1)5-3-8-7-6-5/h3-4H,1-2H2. The molecule has 1 aliphatic carbocycles. The normalized spacial score (nSPS) is 19.0. The van der Waals surface area contributed by atoms with E-state index in [1.807, 2.05) is 0 Å². The van der Waals surface area contributed by atoms with Gasteiger partial charge in [0.15, 0.2) is 0 Å². The maximum Gasteiger partial charge on any atom is 0.147 e. The summed E-state index contributed by atoms with van der Waals surface area (Å²) < 4.78 is 4.55. The van der Waals surface area contributed by atoms with E-state index in [2.05, 4.69) is 14.9 Å². The average Bonchev–Trinajstić information content (AvgIpc) is 2.49. The smallest absolute Gasteiger partial charge is 0.147 e. The Morgan fingerprint density at radius 3 is 3.00 bits per heavy atom. The Hall–Kier alpha value is -0.860. The van der Waals surface area contributed by atoms with Gasteiger partial charge in [-0.2, -0.15) is 0 Å². The Bertz CT molecular complexity index is 167. The molecule has 1 aromatic rings. The molecule has 42 valence electrons. The van der Waals surface area contributed by atoms with Crippen LogP contribution in [-0.2, 0) is 0 Å². The van der Waals surface area contributed by atoms with Crippen LogP contribution >= 0.6 is 0 Å². The second kappa shape index (κ2) is 1.31. The Balaban J connectivity index is 2.28. The Morgan fingerprint density at radius 2 is 2.50 bits per heavy atom. The van der Waals surface area contributed by atoms with E-state index in [1.54, 1.807) is 6.26 Å².